The number of carbonyl (C=O) groups excluding carboxylic acids is 1. The summed E-state index contributed by atoms with van der Waals surface area (Å²) in [5, 5.41) is 11.2. The molecule has 0 fully saturated rings. The Morgan fingerprint density at radius 1 is 1.26 bits per heavy atom. The molecule has 0 saturated carbocycles. The number of nitrogens with zero attached hydrogens (tertiary/aromatic N) is 3. The van der Waals surface area contributed by atoms with Gasteiger partial charge in [0.05, 0.1) is 11.2 Å². The van der Waals surface area contributed by atoms with Crippen LogP contribution in [0.5, 0.6) is 0 Å². The van der Waals surface area contributed by atoms with Gasteiger partial charge in [0.2, 0.25) is 0 Å². The van der Waals surface area contributed by atoms with Crippen LogP contribution < -0.4 is 5.32 Å². The van der Waals surface area contributed by atoms with E-state index in [-0.39, 0.29) is 5.91 Å². The zero-order chi connectivity index (χ0) is 16.4. The summed E-state index contributed by atoms with van der Waals surface area (Å²) < 4.78 is 2.72. The first-order valence-electron chi connectivity index (χ1n) is 7.49. The van der Waals surface area contributed by atoms with Gasteiger partial charge in [-0.25, -0.2) is 4.68 Å². The average Bonchev–Trinajstić information content (AvgIpc) is 2.93. The topological polar surface area (TPSA) is 59.8 Å². The molecule has 0 atom stereocenters. The number of hydrogen-bond donors (Lipinski definition) is 1. The molecule has 0 aliphatic rings. The highest BCUT2D eigenvalue weighted by molar-refractivity contribution is 9.10. The summed E-state index contributed by atoms with van der Waals surface area (Å²) in [7, 11) is 0. The molecule has 0 unspecified atom stereocenters. The van der Waals surface area contributed by atoms with E-state index >= 15 is 0 Å². The maximum absolute atomic E-state index is 12.4. The van der Waals surface area contributed by atoms with Gasteiger partial charge < -0.3 is 5.32 Å². The van der Waals surface area contributed by atoms with Gasteiger partial charge in [-0.15, -0.1) is 5.10 Å². The van der Waals surface area contributed by atoms with Crippen molar-refractivity contribution in [2.24, 2.45) is 0 Å². The van der Waals surface area contributed by atoms with Gasteiger partial charge in [-0.2, -0.15) is 0 Å². The molecule has 1 N–H and O–H groups in total. The van der Waals surface area contributed by atoms with E-state index in [2.05, 4.69) is 38.5 Å². The molecule has 1 amide bonds. The van der Waals surface area contributed by atoms with Crippen LogP contribution in [0.25, 0.3) is 11.0 Å². The Balaban J connectivity index is 1.86. The zero-order valence-electron chi connectivity index (χ0n) is 13.0. The molecule has 0 spiro atoms. The van der Waals surface area contributed by atoms with Crippen molar-refractivity contribution in [1.82, 2.24) is 15.0 Å². The summed E-state index contributed by atoms with van der Waals surface area (Å²) in [5.74, 6) is -0.165. The van der Waals surface area contributed by atoms with Crippen LogP contribution in [0.1, 0.15) is 29.3 Å². The van der Waals surface area contributed by atoms with Crippen LogP contribution in [-0.4, -0.2) is 20.9 Å². The minimum absolute atomic E-state index is 0.165. The van der Waals surface area contributed by atoms with Gasteiger partial charge in [0, 0.05) is 16.6 Å². The van der Waals surface area contributed by atoms with Crippen molar-refractivity contribution in [2.45, 2.75) is 26.8 Å². The highest BCUT2D eigenvalue weighted by Gasteiger charge is 2.11. The number of benzene rings is 2. The van der Waals surface area contributed by atoms with Gasteiger partial charge in [-0.3, -0.25) is 4.79 Å². The Bertz CT molecular complexity index is 872. The molecule has 0 aliphatic heterocycles. The monoisotopic (exact) mass is 372 g/mol. The van der Waals surface area contributed by atoms with E-state index in [9.17, 15) is 4.79 Å². The lowest BCUT2D eigenvalue weighted by Crippen LogP contribution is -2.12. The molecule has 3 rings (SSSR count). The molecule has 0 radical (unpaired) electrons. The fourth-order valence-electron chi connectivity index (χ4n) is 2.41. The lowest BCUT2D eigenvalue weighted by atomic mass is 10.1. The summed E-state index contributed by atoms with van der Waals surface area (Å²) in [6, 6.07) is 11.3. The highest BCUT2D eigenvalue weighted by Crippen LogP contribution is 2.24. The zero-order valence-corrected chi connectivity index (χ0v) is 14.6. The normalized spacial score (nSPS) is 10.9. The van der Waals surface area contributed by atoms with E-state index in [1.54, 1.807) is 12.1 Å². The van der Waals surface area contributed by atoms with Crippen molar-refractivity contribution in [1.29, 1.82) is 0 Å². The number of hydrogen-bond acceptors (Lipinski definition) is 3. The predicted octanol–water partition coefficient (Wildman–Crippen LogP) is 4.16. The minimum atomic E-state index is -0.165. The molecule has 3 aromatic rings. The van der Waals surface area contributed by atoms with Crippen molar-refractivity contribution in [3.8, 4) is 0 Å². The number of halogens is 1. The average molecular weight is 373 g/mol. The molecule has 5 nitrogen and oxygen atoms in total. The van der Waals surface area contributed by atoms with Crippen molar-refractivity contribution >= 4 is 38.6 Å². The van der Waals surface area contributed by atoms with Crippen LogP contribution in [0, 0.1) is 6.92 Å². The summed E-state index contributed by atoms with van der Waals surface area (Å²) in [6.45, 7) is 4.91. The molecule has 1 aromatic heterocycles. The van der Waals surface area contributed by atoms with Crippen molar-refractivity contribution in [3.63, 3.8) is 0 Å². The Hall–Kier alpha value is -2.21. The molecular formula is C17H17BrN4O. The lowest BCUT2D eigenvalue weighted by molar-refractivity contribution is 0.102. The number of rotatable bonds is 4. The summed E-state index contributed by atoms with van der Waals surface area (Å²) >= 11 is 3.47. The van der Waals surface area contributed by atoms with Gasteiger partial charge >= 0.3 is 0 Å². The second kappa shape index (κ2) is 6.50. The van der Waals surface area contributed by atoms with Gasteiger partial charge in [0.25, 0.3) is 5.91 Å². The van der Waals surface area contributed by atoms with Crippen molar-refractivity contribution < 1.29 is 4.79 Å². The standard InChI is InChI=1S/C17H17BrN4O/c1-3-8-22-16-7-5-12(10-15(16)20-21-22)17(23)19-14-6-4-11(2)9-13(14)18/h4-7,9-10H,3,8H2,1-2H3,(H,19,23). The Morgan fingerprint density at radius 2 is 2.09 bits per heavy atom. The molecular weight excluding hydrogens is 356 g/mol. The molecule has 2 aromatic carbocycles. The van der Waals surface area contributed by atoms with Crippen LogP contribution in [0.2, 0.25) is 0 Å². The van der Waals surface area contributed by atoms with Crippen LogP contribution in [0.4, 0.5) is 5.69 Å². The van der Waals surface area contributed by atoms with Crippen LogP contribution in [0.15, 0.2) is 40.9 Å². The summed E-state index contributed by atoms with van der Waals surface area (Å²) in [6.07, 6.45) is 0.988. The van der Waals surface area contributed by atoms with E-state index in [1.165, 1.54) is 0 Å². The number of nitrogens with one attached hydrogen (secondary N) is 1. The van der Waals surface area contributed by atoms with E-state index in [0.717, 1.165) is 39.7 Å². The number of anilines is 1. The van der Waals surface area contributed by atoms with Gasteiger partial charge in [-0.1, -0.05) is 18.2 Å². The van der Waals surface area contributed by atoms with Crippen LogP contribution in [0.3, 0.4) is 0 Å². The predicted molar refractivity (Wildman–Crippen MR) is 94.7 cm³/mol. The largest absolute Gasteiger partial charge is 0.321 e. The first kappa shape index (κ1) is 15.7. The quantitative estimate of drug-likeness (QED) is 0.747. The number of fused-ring (bicyclic) bond motifs is 1. The maximum atomic E-state index is 12.4. The Morgan fingerprint density at radius 3 is 2.83 bits per heavy atom. The second-order valence-corrected chi connectivity index (χ2v) is 6.31. The minimum Gasteiger partial charge on any atom is -0.321 e. The van der Waals surface area contributed by atoms with Crippen LogP contribution >= 0.6 is 15.9 Å². The molecule has 23 heavy (non-hydrogen) atoms. The van der Waals surface area contributed by atoms with Gasteiger partial charge in [-0.05, 0) is 65.2 Å². The summed E-state index contributed by atoms with van der Waals surface area (Å²) in [5.41, 5.74) is 4.11. The lowest BCUT2D eigenvalue weighted by Gasteiger charge is -2.08. The molecule has 0 saturated heterocycles. The SMILES string of the molecule is CCCn1nnc2cc(C(=O)Nc3ccc(C)cc3Br)ccc21. The smallest absolute Gasteiger partial charge is 0.255 e. The van der Waals surface area contributed by atoms with Crippen molar-refractivity contribution in [2.75, 3.05) is 5.32 Å². The molecule has 118 valence electrons. The third kappa shape index (κ3) is 3.27. The van der Waals surface area contributed by atoms with E-state index < -0.39 is 0 Å². The third-order valence-corrected chi connectivity index (χ3v) is 4.24. The van der Waals surface area contributed by atoms with E-state index in [0.29, 0.717) is 5.56 Å². The second-order valence-electron chi connectivity index (χ2n) is 5.45. The number of aryl methyl sites for hydroxylation is 2. The molecule has 0 aliphatic carbocycles. The Labute approximate surface area is 142 Å². The first-order chi connectivity index (χ1) is 11.1. The molecule has 1 heterocycles. The number of carbonyl (C=O) groups is 1. The van der Waals surface area contributed by atoms with Crippen LogP contribution in [-0.2, 0) is 6.54 Å². The Kier molecular flexibility index (Phi) is 4.43. The fourth-order valence-corrected chi connectivity index (χ4v) is 3.00. The first-order valence-corrected chi connectivity index (χ1v) is 8.28. The van der Waals surface area contributed by atoms with Gasteiger partial charge in [0.15, 0.2) is 0 Å². The van der Waals surface area contributed by atoms with E-state index in [4.69, 9.17) is 0 Å². The molecule has 0 bridgehead atoms. The maximum Gasteiger partial charge on any atom is 0.255 e. The van der Waals surface area contributed by atoms with E-state index in [1.807, 2.05) is 35.9 Å². The number of amides is 1. The third-order valence-electron chi connectivity index (χ3n) is 3.58. The fraction of sp³-hybridized carbons (Fsp3) is 0.235. The molecule has 6 heteroatoms. The summed E-state index contributed by atoms with van der Waals surface area (Å²) in [4.78, 5) is 12.4. The van der Waals surface area contributed by atoms with Crippen molar-refractivity contribution in [3.05, 3.63) is 52.0 Å². The number of aromatic nitrogens is 3. The highest BCUT2D eigenvalue weighted by atomic mass is 79.9. The van der Waals surface area contributed by atoms with Gasteiger partial charge in [0.1, 0.15) is 5.52 Å².